The predicted octanol–water partition coefficient (Wildman–Crippen LogP) is 1.89. The Morgan fingerprint density at radius 2 is 2.33 bits per heavy atom. The Morgan fingerprint density at radius 3 is 2.50 bits per heavy atom. The van der Waals surface area contributed by atoms with E-state index in [1.807, 2.05) is 21.6 Å². The molecule has 3 heteroatoms. The van der Waals surface area contributed by atoms with E-state index in [0.29, 0.717) is 0 Å². The summed E-state index contributed by atoms with van der Waals surface area (Å²) < 4.78 is 0. The van der Waals surface area contributed by atoms with Crippen LogP contribution in [0.5, 0.6) is 0 Å². The van der Waals surface area contributed by atoms with Gasteiger partial charge in [0.25, 0.3) is 0 Å². The van der Waals surface area contributed by atoms with Crippen LogP contribution in [0.2, 0.25) is 0 Å². The van der Waals surface area contributed by atoms with Gasteiger partial charge in [-0.1, -0.05) is 27.7 Å². The zero-order valence-corrected chi connectivity index (χ0v) is 7.65. The van der Waals surface area contributed by atoms with Crippen molar-refractivity contribution in [2.24, 2.45) is 0 Å². The summed E-state index contributed by atoms with van der Waals surface area (Å²) in [5.41, 5.74) is 0. The van der Waals surface area contributed by atoms with Crippen LogP contribution in [0, 0.1) is 0 Å². The zero-order valence-electron chi connectivity index (χ0n) is 3.09. The van der Waals surface area contributed by atoms with Gasteiger partial charge < -0.3 is 0 Å². The van der Waals surface area contributed by atoms with E-state index in [4.69, 9.17) is 0 Å². The molecule has 0 bridgehead atoms. The first-order valence-electron chi connectivity index (χ1n) is 1.43. The van der Waals surface area contributed by atoms with E-state index in [1.54, 1.807) is 0 Å². The Bertz CT molecular complexity index is 46.8. The maximum absolute atomic E-state index is 2.16. The largest absolute Gasteiger partial charge is 0.0854 e. The van der Waals surface area contributed by atoms with Crippen LogP contribution in [0.4, 0.5) is 0 Å². The minimum absolute atomic E-state index is 0. The minimum Gasteiger partial charge on any atom is -0.0854 e. The third-order valence-corrected chi connectivity index (χ3v) is 2.30. The molecule has 1 aliphatic rings. The number of hydrogen-bond donors (Lipinski definition) is 0. The molecule has 6 heavy (non-hydrogen) atoms. The van der Waals surface area contributed by atoms with Crippen molar-refractivity contribution in [1.82, 2.24) is 0 Å². The summed E-state index contributed by atoms with van der Waals surface area (Å²) in [7, 11) is 3.69. The summed E-state index contributed by atoms with van der Waals surface area (Å²) in [6.07, 6.45) is 2.16. The fraction of sp³-hybridized carbons (Fsp3) is 0.333. The first-order valence-corrected chi connectivity index (χ1v) is 3.81. The molecule has 1 aliphatic heterocycles. The fourth-order valence-corrected chi connectivity index (χ4v) is 1.77. The molecule has 0 saturated carbocycles. The van der Waals surface area contributed by atoms with E-state index in [1.165, 1.54) is 5.75 Å². The van der Waals surface area contributed by atoms with Crippen molar-refractivity contribution < 1.29 is 21.1 Å². The molecule has 1 heterocycles. The van der Waals surface area contributed by atoms with Crippen LogP contribution in [0.3, 0.4) is 0 Å². The van der Waals surface area contributed by atoms with Gasteiger partial charge in [0.1, 0.15) is 0 Å². The van der Waals surface area contributed by atoms with Crippen molar-refractivity contribution in [2.75, 3.05) is 5.75 Å². The maximum atomic E-state index is 2.16. The standard InChI is InChI=1S/C3H4S2.W/c1-2-4-5-3-1;/h1-2H,3H2;. The van der Waals surface area contributed by atoms with Gasteiger partial charge in [0.2, 0.25) is 0 Å². The Balaban J connectivity index is 0.000000250. The normalized spacial score (nSPS) is 17.3. The van der Waals surface area contributed by atoms with Gasteiger partial charge in [0.05, 0.1) is 0 Å². The first kappa shape index (κ1) is 7.13. The number of rotatable bonds is 0. The Hall–Kier alpha value is 1.13. The Kier molecular flexibility index (Phi) is 5.10. The van der Waals surface area contributed by atoms with E-state index in [0.717, 1.165) is 0 Å². The molecule has 34 valence electrons. The van der Waals surface area contributed by atoms with Crippen molar-refractivity contribution in [1.29, 1.82) is 0 Å². The topological polar surface area (TPSA) is 0 Å². The second kappa shape index (κ2) is 4.29. The molecule has 0 fully saturated rings. The van der Waals surface area contributed by atoms with Crippen LogP contribution in [-0.2, 0) is 21.1 Å². The van der Waals surface area contributed by atoms with Gasteiger partial charge in [0.15, 0.2) is 0 Å². The fourth-order valence-electron chi connectivity index (χ4n) is 0.196. The van der Waals surface area contributed by atoms with E-state index >= 15 is 0 Å². The van der Waals surface area contributed by atoms with Gasteiger partial charge in [-0.3, -0.25) is 0 Å². The average molecular weight is 288 g/mol. The van der Waals surface area contributed by atoms with Gasteiger partial charge in [-0.05, 0) is 5.41 Å². The average Bonchev–Trinajstić information content (AvgIpc) is 1.76. The first-order chi connectivity index (χ1) is 2.50. The maximum Gasteiger partial charge on any atom is 0.0229 e. The molecule has 0 aromatic rings. The van der Waals surface area contributed by atoms with Crippen molar-refractivity contribution in [2.45, 2.75) is 0 Å². The van der Waals surface area contributed by atoms with Gasteiger partial charge in [-0.15, -0.1) is 0 Å². The SMILES string of the molecule is C1=CSSC1.[W]. The third-order valence-electron chi connectivity index (χ3n) is 0.384. The summed E-state index contributed by atoms with van der Waals surface area (Å²) in [6, 6.07) is 0. The summed E-state index contributed by atoms with van der Waals surface area (Å²) in [6.45, 7) is 0. The Morgan fingerprint density at radius 1 is 1.50 bits per heavy atom. The molecule has 0 N–H and O–H groups in total. The molecular weight excluding hydrogens is 284 g/mol. The summed E-state index contributed by atoms with van der Waals surface area (Å²) in [5.74, 6) is 1.20. The van der Waals surface area contributed by atoms with Gasteiger partial charge >= 0.3 is 0 Å². The van der Waals surface area contributed by atoms with Crippen LogP contribution in [0.25, 0.3) is 0 Å². The van der Waals surface area contributed by atoms with Crippen LogP contribution in [-0.4, -0.2) is 5.75 Å². The molecule has 0 aromatic heterocycles. The molecule has 0 spiro atoms. The molecule has 0 atom stereocenters. The van der Waals surface area contributed by atoms with Crippen molar-refractivity contribution in [3.05, 3.63) is 11.5 Å². The summed E-state index contributed by atoms with van der Waals surface area (Å²) >= 11 is 0. The quantitative estimate of drug-likeness (QED) is 0.624. The predicted molar refractivity (Wildman–Crippen MR) is 29.2 cm³/mol. The third kappa shape index (κ3) is 2.33. The van der Waals surface area contributed by atoms with Gasteiger partial charge in [-0.2, -0.15) is 0 Å². The molecule has 0 aromatic carbocycles. The van der Waals surface area contributed by atoms with E-state index in [2.05, 4.69) is 11.5 Å². The summed E-state index contributed by atoms with van der Waals surface area (Å²) in [4.78, 5) is 0. The zero-order chi connectivity index (χ0) is 3.54. The van der Waals surface area contributed by atoms with E-state index in [9.17, 15) is 0 Å². The van der Waals surface area contributed by atoms with Crippen LogP contribution >= 0.6 is 21.6 Å². The Labute approximate surface area is 59.8 Å². The van der Waals surface area contributed by atoms with Crippen molar-refractivity contribution in [3.63, 3.8) is 0 Å². The second-order valence-electron chi connectivity index (χ2n) is 0.753. The van der Waals surface area contributed by atoms with E-state index in [-0.39, 0.29) is 21.1 Å². The molecule has 0 saturated heterocycles. The second-order valence-corrected chi connectivity index (χ2v) is 3.07. The molecule has 0 aliphatic carbocycles. The molecule has 0 amide bonds. The van der Waals surface area contributed by atoms with Gasteiger partial charge in [-0.25, -0.2) is 0 Å². The number of hydrogen-bond acceptors (Lipinski definition) is 2. The molecule has 0 radical (unpaired) electrons. The van der Waals surface area contributed by atoms with Crippen LogP contribution in [0.15, 0.2) is 11.5 Å². The van der Waals surface area contributed by atoms with E-state index < -0.39 is 0 Å². The molecule has 1 rings (SSSR count). The van der Waals surface area contributed by atoms with Gasteiger partial charge in [0, 0.05) is 26.8 Å². The van der Waals surface area contributed by atoms with Crippen molar-refractivity contribution >= 4 is 21.6 Å². The molecular formula is C3H4S2W. The molecule has 0 nitrogen and oxygen atoms in total. The van der Waals surface area contributed by atoms with Crippen LogP contribution in [0.1, 0.15) is 0 Å². The van der Waals surface area contributed by atoms with Crippen molar-refractivity contribution in [3.8, 4) is 0 Å². The van der Waals surface area contributed by atoms with Crippen LogP contribution < -0.4 is 0 Å². The monoisotopic (exact) mass is 288 g/mol. The summed E-state index contributed by atoms with van der Waals surface area (Å²) in [5, 5.41) is 2.12. The minimum atomic E-state index is 0. The smallest absolute Gasteiger partial charge is 0.0229 e. The molecule has 0 unspecified atom stereocenters.